The van der Waals surface area contributed by atoms with E-state index in [9.17, 15) is 13.2 Å². The average Bonchev–Trinajstić information content (AvgIpc) is 2.52. The highest BCUT2D eigenvalue weighted by molar-refractivity contribution is 7.89. The molecule has 0 aliphatic carbocycles. The van der Waals surface area contributed by atoms with E-state index in [1.165, 1.54) is 12.1 Å². The molecule has 2 N–H and O–H groups in total. The van der Waals surface area contributed by atoms with Gasteiger partial charge < -0.3 is 5.32 Å². The molecule has 2 aromatic rings. The number of carbonyl (C=O) groups is 1. The van der Waals surface area contributed by atoms with Gasteiger partial charge in [-0.25, -0.2) is 13.1 Å². The summed E-state index contributed by atoms with van der Waals surface area (Å²) in [7, 11) is -3.70. The fourth-order valence-electron chi connectivity index (χ4n) is 2.58. The lowest BCUT2D eigenvalue weighted by Crippen LogP contribution is -2.40. The van der Waals surface area contributed by atoms with Crippen molar-refractivity contribution < 1.29 is 13.2 Å². The fourth-order valence-corrected chi connectivity index (χ4v) is 4.24. The average molecular weight is 409 g/mol. The molecule has 5 nitrogen and oxygen atoms in total. The largest absolute Gasteiger partial charge is 0.352 e. The van der Waals surface area contributed by atoms with Crippen molar-refractivity contribution in [3.05, 3.63) is 64.2 Å². The quantitative estimate of drug-likeness (QED) is 0.765. The zero-order chi connectivity index (χ0) is 20.2. The zero-order valence-electron chi connectivity index (χ0n) is 16.0. The summed E-state index contributed by atoms with van der Waals surface area (Å²) < 4.78 is 27.6. The lowest BCUT2D eigenvalue weighted by atomic mass is 10.1. The van der Waals surface area contributed by atoms with Crippen molar-refractivity contribution in [2.75, 3.05) is 6.54 Å². The summed E-state index contributed by atoms with van der Waals surface area (Å²) in [4.78, 5) is 12.6. The van der Waals surface area contributed by atoms with Crippen LogP contribution in [0, 0.1) is 6.92 Å². The second-order valence-corrected chi connectivity index (χ2v) is 9.59. The minimum Gasteiger partial charge on any atom is -0.352 e. The molecule has 0 fully saturated rings. The molecule has 0 heterocycles. The van der Waals surface area contributed by atoms with Gasteiger partial charge in [-0.3, -0.25) is 4.79 Å². The summed E-state index contributed by atoms with van der Waals surface area (Å²) >= 11 is 5.96. The Bertz CT molecular complexity index is 934. The van der Waals surface area contributed by atoms with Crippen LogP contribution in [0.1, 0.15) is 42.3 Å². The third-order valence-electron chi connectivity index (χ3n) is 3.79. The maximum absolute atomic E-state index is 12.5. The smallest absolute Gasteiger partial charge is 0.251 e. The van der Waals surface area contributed by atoms with E-state index in [0.717, 1.165) is 5.56 Å². The highest BCUT2D eigenvalue weighted by Crippen LogP contribution is 2.18. The number of hydrogen-bond donors (Lipinski definition) is 2. The van der Waals surface area contributed by atoms with Crippen molar-refractivity contribution in [3.63, 3.8) is 0 Å². The van der Waals surface area contributed by atoms with Crippen LogP contribution in [-0.2, 0) is 16.4 Å². The van der Waals surface area contributed by atoms with Crippen LogP contribution in [0.25, 0.3) is 0 Å². The molecule has 0 aromatic heterocycles. The third-order valence-corrected chi connectivity index (χ3v) is 5.78. The SMILES string of the molecule is Cc1ccc(S(=O)(=O)NC(C)(C)C)cc1C(=O)NCCc1cccc(Cl)c1. The van der Waals surface area contributed by atoms with Gasteiger partial charge >= 0.3 is 0 Å². The van der Waals surface area contributed by atoms with Crippen molar-refractivity contribution in [1.82, 2.24) is 10.0 Å². The van der Waals surface area contributed by atoms with Gasteiger partial charge in [-0.1, -0.05) is 29.8 Å². The van der Waals surface area contributed by atoms with E-state index in [0.29, 0.717) is 29.1 Å². The Morgan fingerprint density at radius 3 is 2.44 bits per heavy atom. The van der Waals surface area contributed by atoms with Crippen LogP contribution < -0.4 is 10.0 Å². The molecule has 146 valence electrons. The third kappa shape index (κ3) is 6.34. The zero-order valence-corrected chi connectivity index (χ0v) is 17.5. The van der Waals surface area contributed by atoms with E-state index >= 15 is 0 Å². The number of nitrogens with one attached hydrogen (secondary N) is 2. The number of benzene rings is 2. The first-order chi connectivity index (χ1) is 12.5. The Labute approximate surface area is 166 Å². The van der Waals surface area contributed by atoms with E-state index < -0.39 is 15.6 Å². The number of halogens is 1. The Hall–Kier alpha value is -1.89. The normalized spacial score (nSPS) is 12.0. The molecular weight excluding hydrogens is 384 g/mol. The molecule has 0 saturated carbocycles. The predicted octanol–water partition coefficient (Wildman–Crippen LogP) is 3.70. The van der Waals surface area contributed by atoms with Crippen LogP contribution in [0.15, 0.2) is 47.4 Å². The minimum atomic E-state index is -3.70. The molecular formula is C20H25ClN2O3S. The first-order valence-corrected chi connectivity index (χ1v) is 10.5. The van der Waals surface area contributed by atoms with Crippen LogP contribution in [0.4, 0.5) is 0 Å². The molecule has 0 aliphatic heterocycles. The molecule has 0 saturated heterocycles. The van der Waals surface area contributed by atoms with Gasteiger partial charge in [0.15, 0.2) is 0 Å². The lowest BCUT2D eigenvalue weighted by molar-refractivity contribution is 0.0953. The Balaban J connectivity index is 2.12. The number of aryl methyl sites for hydroxylation is 1. The minimum absolute atomic E-state index is 0.0722. The second kappa shape index (κ2) is 8.42. The van der Waals surface area contributed by atoms with Gasteiger partial charge in [0.25, 0.3) is 5.91 Å². The van der Waals surface area contributed by atoms with Gasteiger partial charge in [-0.15, -0.1) is 0 Å². The molecule has 0 radical (unpaired) electrons. The van der Waals surface area contributed by atoms with Crippen LogP contribution in [0.3, 0.4) is 0 Å². The highest BCUT2D eigenvalue weighted by Gasteiger charge is 2.23. The van der Waals surface area contributed by atoms with Crippen molar-refractivity contribution >= 4 is 27.5 Å². The number of rotatable bonds is 6. The maximum atomic E-state index is 12.5. The topological polar surface area (TPSA) is 75.3 Å². The molecule has 2 aromatic carbocycles. The maximum Gasteiger partial charge on any atom is 0.251 e. The molecule has 7 heteroatoms. The Kier molecular flexibility index (Phi) is 6.68. The summed E-state index contributed by atoms with van der Waals surface area (Å²) in [6.07, 6.45) is 0.634. The molecule has 0 spiro atoms. The van der Waals surface area contributed by atoms with Crippen molar-refractivity contribution in [3.8, 4) is 0 Å². The fraction of sp³-hybridized carbons (Fsp3) is 0.350. The van der Waals surface area contributed by atoms with Crippen LogP contribution in [0.2, 0.25) is 5.02 Å². The van der Waals surface area contributed by atoms with Crippen molar-refractivity contribution in [2.24, 2.45) is 0 Å². The predicted molar refractivity (Wildman–Crippen MR) is 109 cm³/mol. The number of carbonyl (C=O) groups excluding carboxylic acids is 1. The van der Waals surface area contributed by atoms with E-state index in [1.807, 2.05) is 18.2 Å². The number of sulfonamides is 1. The van der Waals surface area contributed by atoms with Crippen LogP contribution >= 0.6 is 11.6 Å². The number of hydrogen-bond acceptors (Lipinski definition) is 3. The van der Waals surface area contributed by atoms with Gasteiger partial charge in [0, 0.05) is 22.7 Å². The van der Waals surface area contributed by atoms with Crippen LogP contribution in [0.5, 0.6) is 0 Å². The molecule has 0 atom stereocenters. The molecule has 0 unspecified atom stereocenters. The second-order valence-electron chi connectivity index (χ2n) is 7.47. The molecule has 2 rings (SSSR count). The van der Waals surface area contributed by atoms with Gasteiger partial charge in [0.2, 0.25) is 10.0 Å². The summed E-state index contributed by atoms with van der Waals surface area (Å²) in [5.41, 5.74) is 1.47. The van der Waals surface area contributed by atoms with Gasteiger partial charge in [-0.05, 0) is 69.5 Å². The first-order valence-electron chi connectivity index (χ1n) is 8.65. The van der Waals surface area contributed by atoms with E-state index in [1.54, 1.807) is 39.8 Å². The van der Waals surface area contributed by atoms with Gasteiger partial charge in [-0.2, -0.15) is 0 Å². The lowest BCUT2D eigenvalue weighted by Gasteiger charge is -2.20. The van der Waals surface area contributed by atoms with E-state index in [2.05, 4.69) is 10.0 Å². The monoisotopic (exact) mass is 408 g/mol. The van der Waals surface area contributed by atoms with Gasteiger partial charge in [0.1, 0.15) is 0 Å². The molecule has 0 bridgehead atoms. The highest BCUT2D eigenvalue weighted by atomic mass is 35.5. The summed E-state index contributed by atoms with van der Waals surface area (Å²) in [5, 5.41) is 3.49. The van der Waals surface area contributed by atoms with Crippen molar-refractivity contribution in [2.45, 2.75) is 44.6 Å². The molecule has 1 amide bonds. The summed E-state index contributed by atoms with van der Waals surface area (Å²) in [6.45, 7) is 7.50. The van der Waals surface area contributed by atoms with Crippen molar-refractivity contribution in [1.29, 1.82) is 0 Å². The van der Waals surface area contributed by atoms with Crippen LogP contribution in [-0.4, -0.2) is 26.4 Å². The summed E-state index contributed by atoms with van der Waals surface area (Å²) in [6, 6.07) is 12.0. The van der Waals surface area contributed by atoms with E-state index in [-0.39, 0.29) is 10.8 Å². The molecule has 0 aliphatic rings. The Morgan fingerprint density at radius 1 is 1.11 bits per heavy atom. The van der Waals surface area contributed by atoms with E-state index in [4.69, 9.17) is 11.6 Å². The Morgan fingerprint density at radius 2 is 1.81 bits per heavy atom. The standard InChI is InChI=1S/C20H25ClN2O3S/c1-14-8-9-17(27(25,26)23-20(2,3)4)13-18(14)19(24)22-11-10-15-6-5-7-16(21)12-15/h5-9,12-13,23H,10-11H2,1-4H3,(H,22,24). The molecule has 27 heavy (non-hydrogen) atoms. The first kappa shape index (κ1) is 21.4. The summed E-state index contributed by atoms with van der Waals surface area (Å²) in [5.74, 6) is -0.303. The van der Waals surface area contributed by atoms with Gasteiger partial charge in [0.05, 0.1) is 4.90 Å². The number of amides is 1.